The fourth-order valence-electron chi connectivity index (χ4n) is 2.33. The van der Waals surface area contributed by atoms with Crippen molar-refractivity contribution in [1.29, 1.82) is 0 Å². The molecule has 2 aromatic rings. The maximum Gasteiger partial charge on any atom is 0.251 e. The number of amides is 1. The van der Waals surface area contributed by atoms with E-state index in [1.807, 2.05) is 48.5 Å². The number of carbonyl (C=O) groups excluding carboxylic acids is 1. The molecule has 22 heavy (non-hydrogen) atoms. The second-order valence-electron chi connectivity index (χ2n) is 4.99. The lowest BCUT2D eigenvalue weighted by Crippen LogP contribution is -2.24. The van der Waals surface area contributed by atoms with Crippen molar-refractivity contribution in [2.75, 3.05) is 18.0 Å². The Labute approximate surface area is 136 Å². The summed E-state index contributed by atoms with van der Waals surface area (Å²) >= 11 is 6.08. The van der Waals surface area contributed by atoms with Crippen LogP contribution in [0.5, 0.6) is 0 Å². The number of nitrogens with one attached hydrogen (secondary N) is 1. The molecule has 0 atom stereocenters. The molecule has 0 aromatic heterocycles. The van der Waals surface area contributed by atoms with Gasteiger partial charge in [0.25, 0.3) is 5.91 Å². The lowest BCUT2D eigenvalue weighted by molar-refractivity contribution is 0.0951. The van der Waals surface area contributed by atoms with E-state index < -0.39 is 0 Å². The average molecular weight is 317 g/mol. The summed E-state index contributed by atoms with van der Waals surface area (Å²) in [6.07, 6.45) is 0. The molecule has 4 heteroatoms. The molecule has 0 heterocycles. The Balaban J connectivity index is 2.00. The van der Waals surface area contributed by atoms with Crippen molar-refractivity contribution < 1.29 is 4.79 Å². The first kappa shape index (κ1) is 16.4. The zero-order chi connectivity index (χ0) is 15.9. The number of hydrogen-bond donors (Lipinski definition) is 1. The number of hydrogen-bond acceptors (Lipinski definition) is 2. The highest BCUT2D eigenvalue weighted by Crippen LogP contribution is 2.16. The summed E-state index contributed by atoms with van der Waals surface area (Å²) in [5.74, 6) is -0.0917. The minimum atomic E-state index is -0.0917. The van der Waals surface area contributed by atoms with E-state index >= 15 is 0 Å². The molecule has 0 unspecified atom stereocenters. The van der Waals surface area contributed by atoms with Gasteiger partial charge in [-0.15, -0.1) is 0 Å². The van der Waals surface area contributed by atoms with Crippen LogP contribution in [0.2, 0.25) is 5.02 Å². The van der Waals surface area contributed by atoms with Crippen molar-refractivity contribution in [2.24, 2.45) is 0 Å². The molecule has 0 aliphatic carbocycles. The molecule has 1 amide bonds. The molecule has 0 radical (unpaired) electrons. The number of halogens is 1. The topological polar surface area (TPSA) is 32.3 Å². The number of benzene rings is 2. The van der Waals surface area contributed by atoms with E-state index in [1.54, 1.807) is 0 Å². The predicted octanol–water partition coefficient (Wildman–Crippen LogP) is 4.12. The van der Waals surface area contributed by atoms with Gasteiger partial charge in [0.05, 0.1) is 0 Å². The summed E-state index contributed by atoms with van der Waals surface area (Å²) in [6, 6.07) is 15.2. The Morgan fingerprint density at radius 2 is 1.68 bits per heavy atom. The van der Waals surface area contributed by atoms with Gasteiger partial charge in [-0.1, -0.05) is 29.8 Å². The van der Waals surface area contributed by atoms with Crippen LogP contribution in [0, 0.1) is 0 Å². The van der Waals surface area contributed by atoms with E-state index in [1.165, 1.54) is 0 Å². The van der Waals surface area contributed by atoms with Crippen LogP contribution in [0.4, 0.5) is 5.69 Å². The average Bonchev–Trinajstić information content (AvgIpc) is 2.55. The third-order valence-corrected chi connectivity index (χ3v) is 4.02. The quantitative estimate of drug-likeness (QED) is 0.869. The Morgan fingerprint density at radius 3 is 2.27 bits per heavy atom. The van der Waals surface area contributed by atoms with Gasteiger partial charge in [-0.05, 0) is 49.7 Å². The fraction of sp³-hybridized carbons (Fsp3) is 0.278. The molecule has 0 spiro atoms. The molecule has 0 saturated heterocycles. The molecular formula is C18H21ClN2O. The molecule has 116 valence electrons. The summed E-state index contributed by atoms with van der Waals surface area (Å²) < 4.78 is 0. The van der Waals surface area contributed by atoms with Crippen LogP contribution >= 0.6 is 11.6 Å². The maximum atomic E-state index is 12.2. The number of rotatable bonds is 6. The number of anilines is 1. The minimum absolute atomic E-state index is 0.0917. The predicted molar refractivity (Wildman–Crippen MR) is 92.6 cm³/mol. The van der Waals surface area contributed by atoms with Crippen molar-refractivity contribution in [3.8, 4) is 0 Å². The second-order valence-corrected chi connectivity index (χ2v) is 5.40. The molecule has 1 N–H and O–H groups in total. The second kappa shape index (κ2) is 7.85. The molecule has 0 saturated carbocycles. The highest BCUT2D eigenvalue weighted by atomic mass is 35.5. The van der Waals surface area contributed by atoms with Crippen LogP contribution in [-0.4, -0.2) is 19.0 Å². The minimum Gasteiger partial charge on any atom is -0.372 e. The molecule has 3 nitrogen and oxygen atoms in total. The van der Waals surface area contributed by atoms with Gasteiger partial charge in [-0.3, -0.25) is 4.79 Å². The van der Waals surface area contributed by atoms with Gasteiger partial charge >= 0.3 is 0 Å². The van der Waals surface area contributed by atoms with Crippen molar-refractivity contribution in [2.45, 2.75) is 20.4 Å². The van der Waals surface area contributed by atoms with Gasteiger partial charge in [0.15, 0.2) is 0 Å². The van der Waals surface area contributed by atoms with Crippen LogP contribution in [0.15, 0.2) is 48.5 Å². The lowest BCUT2D eigenvalue weighted by atomic mass is 10.1. The van der Waals surface area contributed by atoms with Crippen LogP contribution in [0.1, 0.15) is 29.8 Å². The zero-order valence-electron chi connectivity index (χ0n) is 13.0. The standard InChI is InChI=1S/C18H21ClN2O/c1-3-21(4-2)16-11-9-14(10-12-16)18(22)20-13-15-7-5-6-8-17(15)19/h5-12H,3-4,13H2,1-2H3,(H,20,22). The van der Waals surface area contributed by atoms with E-state index in [2.05, 4.69) is 24.1 Å². The molecule has 0 bridgehead atoms. The Hall–Kier alpha value is -2.00. The molecule has 0 aliphatic rings. The summed E-state index contributed by atoms with van der Waals surface area (Å²) in [7, 11) is 0. The Bertz CT molecular complexity index is 621. The SMILES string of the molecule is CCN(CC)c1ccc(C(=O)NCc2ccccc2Cl)cc1. The van der Waals surface area contributed by atoms with Crippen molar-refractivity contribution >= 4 is 23.2 Å². The molecule has 2 aromatic carbocycles. The van der Waals surface area contributed by atoms with Crippen molar-refractivity contribution in [3.05, 3.63) is 64.7 Å². The summed E-state index contributed by atoms with van der Waals surface area (Å²) in [4.78, 5) is 14.4. The van der Waals surface area contributed by atoms with Gasteiger partial charge in [0.2, 0.25) is 0 Å². The lowest BCUT2D eigenvalue weighted by Gasteiger charge is -2.21. The molecule has 2 rings (SSSR count). The van der Waals surface area contributed by atoms with Gasteiger partial charge in [-0.25, -0.2) is 0 Å². The molecule has 0 aliphatic heterocycles. The van der Waals surface area contributed by atoms with Crippen LogP contribution in [-0.2, 0) is 6.54 Å². The van der Waals surface area contributed by atoms with E-state index in [9.17, 15) is 4.79 Å². The monoisotopic (exact) mass is 316 g/mol. The van der Waals surface area contributed by atoms with Gasteiger partial charge in [0, 0.05) is 35.9 Å². The van der Waals surface area contributed by atoms with E-state index in [0.717, 1.165) is 24.3 Å². The van der Waals surface area contributed by atoms with Crippen molar-refractivity contribution in [1.82, 2.24) is 5.32 Å². The highest BCUT2D eigenvalue weighted by molar-refractivity contribution is 6.31. The van der Waals surface area contributed by atoms with Crippen molar-refractivity contribution in [3.63, 3.8) is 0 Å². The fourth-order valence-corrected chi connectivity index (χ4v) is 2.53. The largest absolute Gasteiger partial charge is 0.372 e. The zero-order valence-corrected chi connectivity index (χ0v) is 13.7. The first-order valence-electron chi connectivity index (χ1n) is 7.52. The maximum absolute atomic E-state index is 12.2. The molecule has 0 fully saturated rings. The third-order valence-electron chi connectivity index (χ3n) is 3.66. The number of nitrogens with zero attached hydrogens (tertiary/aromatic N) is 1. The normalized spacial score (nSPS) is 10.3. The van der Waals surface area contributed by atoms with Gasteiger partial charge < -0.3 is 10.2 Å². The Morgan fingerprint density at radius 1 is 1.05 bits per heavy atom. The first-order chi connectivity index (χ1) is 10.7. The third kappa shape index (κ3) is 4.01. The summed E-state index contributed by atoms with van der Waals surface area (Å²) in [5, 5.41) is 3.56. The smallest absolute Gasteiger partial charge is 0.251 e. The van der Waals surface area contributed by atoms with E-state index in [-0.39, 0.29) is 5.91 Å². The van der Waals surface area contributed by atoms with E-state index in [0.29, 0.717) is 17.1 Å². The first-order valence-corrected chi connectivity index (χ1v) is 7.90. The Kier molecular flexibility index (Phi) is 5.84. The van der Waals surface area contributed by atoms with Crippen LogP contribution in [0.3, 0.4) is 0 Å². The van der Waals surface area contributed by atoms with E-state index in [4.69, 9.17) is 11.6 Å². The van der Waals surface area contributed by atoms with Crippen LogP contribution < -0.4 is 10.2 Å². The highest BCUT2D eigenvalue weighted by Gasteiger charge is 2.08. The van der Waals surface area contributed by atoms with Gasteiger partial charge in [0.1, 0.15) is 0 Å². The number of carbonyl (C=O) groups is 1. The summed E-state index contributed by atoms with van der Waals surface area (Å²) in [5.41, 5.74) is 2.70. The summed E-state index contributed by atoms with van der Waals surface area (Å²) in [6.45, 7) is 6.57. The molecular weight excluding hydrogens is 296 g/mol. The van der Waals surface area contributed by atoms with Gasteiger partial charge in [-0.2, -0.15) is 0 Å². The van der Waals surface area contributed by atoms with Crippen LogP contribution in [0.25, 0.3) is 0 Å².